The molecule has 238 valence electrons. The van der Waals surface area contributed by atoms with Gasteiger partial charge in [0.05, 0.1) is 25.9 Å². The molecule has 2 aromatic rings. The lowest BCUT2D eigenvalue weighted by molar-refractivity contribution is -0.140. The van der Waals surface area contributed by atoms with Crippen LogP contribution in [0.5, 0.6) is 0 Å². The number of rotatable bonds is 8. The van der Waals surface area contributed by atoms with Crippen molar-refractivity contribution in [1.29, 1.82) is 0 Å². The number of carbonyl (C=O) groups is 4. The summed E-state index contributed by atoms with van der Waals surface area (Å²) in [4.78, 5) is 50.9. The summed E-state index contributed by atoms with van der Waals surface area (Å²) in [7, 11) is 1.23. The van der Waals surface area contributed by atoms with Gasteiger partial charge in [0.25, 0.3) is 0 Å². The number of ether oxygens (including phenoxy) is 4. The van der Waals surface area contributed by atoms with Crippen LogP contribution < -0.4 is 15.6 Å². The third-order valence-corrected chi connectivity index (χ3v) is 6.87. The average molecular weight is 633 g/mol. The third-order valence-electron chi connectivity index (χ3n) is 5.64. The van der Waals surface area contributed by atoms with Crippen LogP contribution in [0.25, 0.3) is 0 Å². The smallest absolute Gasteiger partial charge is 0.428 e. The maximum atomic E-state index is 15.7. The molecule has 2 atom stereocenters. The molecule has 14 heteroatoms. The standard InChI is InChI=1S/C30H37FN4O8S/c1-29(2,3)42-26(37)32-16-20-17-35(28(39)41-20)19-13-14-21(22(31)15-19)24(33-34-27(38)43-30(4,5)6)44-23(25(36)40-7)18-11-9-8-10-12-18/h8-15,20,23H,16-17H2,1-7H3,(H,32,37)(H,34,38)/b33-24-/t20-,23?/m0/s1. The summed E-state index contributed by atoms with van der Waals surface area (Å²) in [5.41, 5.74) is 1.44. The lowest BCUT2D eigenvalue weighted by Crippen LogP contribution is -2.38. The van der Waals surface area contributed by atoms with Crippen LogP contribution in [0, 0.1) is 5.82 Å². The molecule has 1 aliphatic rings. The Morgan fingerprint density at radius 2 is 1.68 bits per heavy atom. The number of hydrazone groups is 1. The van der Waals surface area contributed by atoms with Crippen molar-refractivity contribution in [2.75, 3.05) is 25.1 Å². The molecular weight excluding hydrogens is 595 g/mol. The predicted molar refractivity (Wildman–Crippen MR) is 163 cm³/mol. The molecule has 0 aromatic heterocycles. The van der Waals surface area contributed by atoms with Crippen LogP contribution in [0.2, 0.25) is 0 Å². The van der Waals surface area contributed by atoms with Crippen LogP contribution in [0.4, 0.5) is 24.5 Å². The van der Waals surface area contributed by atoms with Crippen molar-refractivity contribution in [3.63, 3.8) is 0 Å². The van der Waals surface area contributed by atoms with E-state index in [0.717, 1.165) is 17.8 Å². The third kappa shape index (κ3) is 10.1. The molecule has 1 fully saturated rings. The molecule has 3 amide bonds. The Bertz CT molecular complexity index is 1390. The van der Waals surface area contributed by atoms with E-state index in [1.54, 1.807) is 71.9 Å². The van der Waals surface area contributed by atoms with Crippen molar-refractivity contribution in [3.05, 3.63) is 65.5 Å². The molecule has 44 heavy (non-hydrogen) atoms. The second-order valence-electron chi connectivity index (χ2n) is 11.6. The Morgan fingerprint density at radius 1 is 1.05 bits per heavy atom. The summed E-state index contributed by atoms with van der Waals surface area (Å²) < 4.78 is 36.4. The quantitative estimate of drug-likeness (QED) is 0.127. The van der Waals surface area contributed by atoms with Gasteiger partial charge in [0.2, 0.25) is 0 Å². The molecule has 0 spiro atoms. The number of nitrogens with zero attached hydrogens (tertiary/aromatic N) is 2. The van der Waals surface area contributed by atoms with Crippen molar-refractivity contribution >= 4 is 46.7 Å². The minimum Gasteiger partial charge on any atom is -0.468 e. The zero-order chi connectivity index (χ0) is 32.7. The van der Waals surface area contributed by atoms with E-state index in [1.165, 1.54) is 24.1 Å². The molecule has 2 N–H and O–H groups in total. The fourth-order valence-electron chi connectivity index (χ4n) is 3.84. The number of carbonyl (C=O) groups excluding carboxylic acids is 4. The number of methoxy groups -OCH3 is 1. The van der Waals surface area contributed by atoms with Crippen LogP contribution >= 0.6 is 11.8 Å². The maximum absolute atomic E-state index is 15.7. The van der Waals surface area contributed by atoms with Gasteiger partial charge < -0.3 is 24.3 Å². The van der Waals surface area contributed by atoms with E-state index < -0.39 is 52.6 Å². The summed E-state index contributed by atoms with van der Waals surface area (Å²) in [6.45, 7) is 10.2. The molecule has 2 aromatic carbocycles. The number of amides is 3. The lowest BCUT2D eigenvalue weighted by Gasteiger charge is -2.20. The maximum Gasteiger partial charge on any atom is 0.428 e. The normalized spacial score (nSPS) is 16.1. The Hall–Kier alpha value is -4.33. The van der Waals surface area contributed by atoms with E-state index in [1.807, 2.05) is 0 Å². The first-order valence-electron chi connectivity index (χ1n) is 13.7. The molecule has 0 radical (unpaired) electrons. The second kappa shape index (κ2) is 14.4. The van der Waals surface area contributed by atoms with Crippen LogP contribution in [0.1, 0.15) is 57.9 Å². The molecule has 0 saturated carbocycles. The lowest BCUT2D eigenvalue weighted by atomic mass is 10.1. The SMILES string of the molecule is COC(=O)C(S/C(=N\NC(=O)OC(C)(C)C)c1ccc(N2C[C@H](CNC(=O)OC(C)(C)C)OC2=O)cc1F)c1ccccc1. The highest BCUT2D eigenvalue weighted by atomic mass is 32.2. The van der Waals surface area contributed by atoms with Gasteiger partial charge in [0.1, 0.15) is 33.4 Å². The number of nitrogens with one attached hydrogen (secondary N) is 2. The number of anilines is 1. The van der Waals surface area contributed by atoms with Gasteiger partial charge in [-0.2, -0.15) is 5.10 Å². The molecule has 12 nitrogen and oxygen atoms in total. The Labute approximate surface area is 259 Å². The number of hydrogen-bond donors (Lipinski definition) is 2. The van der Waals surface area contributed by atoms with Crippen molar-refractivity contribution in [1.82, 2.24) is 10.7 Å². The zero-order valence-electron chi connectivity index (χ0n) is 25.6. The summed E-state index contributed by atoms with van der Waals surface area (Å²) in [5, 5.41) is 5.64. The Kier molecular flexibility index (Phi) is 11.2. The number of esters is 1. The number of cyclic esters (lactones) is 1. The van der Waals surface area contributed by atoms with Crippen LogP contribution in [0.15, 0.2) is 53.6 Å². The largest absolute Gasteiger partial charge is 0.468 e. The summed E-state index contributed by atoms with van der Waals surface area (Å²) >= 11 is 0.863. The molecule has 1 saturated heterocycles. The van der Waals surface area contributed by atoms with Gasteiger partial charge in [-0.3, -0.25) is 9.69 Å². The summed E-state index contributed by atoms with van der Waals surface area (Å²) in [6.07, 6.45) is -2.96. The fourth-order valence-corrected chi connectivity index (χ4v) is 4.94. The van der Waals surface area contributed by atoms with Gasteiger partial charge in [-0.05, 0) is 65.3 Å². The zero-order valence-corrected chi connectivity index (χ0v) is 26.5. The van der Waals surface area contributed by atoms with Gasteiger partial charge in [-0.25, -0.2) is 24.2 Å². The minimum absolute atomic E-state index is 0.00407. The van der Waals surface area contributed by atoms with E-state index in [9.17, 15) is 19.2 Å². The van der Waals surface area contributed by atoms with Crippen molar-refractivity contribution in [2.45, 2.75) is 64.1 Å². The topological polar surface area (TPSA) is 145 Å². The number of halogens is 1. The van der Waals surface area contributed by atoms with E-state index in [4.69, 9.17) is 18.9 Å². The summed E-state index contributed by atoms with van der Waals surface area (Å²) in [5.74, 6) is -1.41. The molecule has 0 aliphatic carbocycles. The van der Waals surface area contributed by atoms with Gasteiger partial charge in [-0.15, -0.1) is 0 Å². The Balaban J connectivity index is 1.85. The van der Waals surface area contributed by atoms with Crippen molar-refractivity contribution in [3.8, 4) is 0 Å². The van der Waals surface area contributed by atoms with E-state index in [-0.39, 0.29) is 29.4 Å². The first-order chi connectivity index (χ1) is 20.6. The molecule has 1 unspecified atom stereocenters. The van der Waals surface area contributed by atoms with E-state index in [2.05, 4.69) is 15.8 Å². The summed E-state index contributed by atoms with van der Waals surface area (Å²) in [6, 6.07) is 12.6. The first-order valence-corrected chi connectivity index (χ1v) is 14.6. The molecule has 1 heterocycles. The molecule has 3 rings (SSSR count). The van der Waals surface area contributed by atoms with E-state index >= 15 is 4.39 Å². The molecule has 1 aliphatic heterocycles. The molecular formula is C30H37FN4O8S. The van der Waals surface area contributed by atoms with Gasteiger partial charge >= 0.3 is 24.2 Å². The van der Waals surface area contributed by atoms with Crippen molar-refractivity contribution in [2.24, 2.45) is 5.10 Å². The number of thioether (sulfide) groups is 1. The van der Waals surface area contributed by atoms with Crippen LogP contribution in [-0.2, 0) is 23.7 Å². The fraction of sp³-hybridized carbons (Fsp3) is 0.433. The highest BCUT2D eigenvalue weighted by Gasteiger charge is 2.34. The van der Waals surface area contributed by atoms with Gasteiger partial charge in [0, 0.05) is 5.56 Å². The highest BCUT2D eigenvalue weighted by molar-refractivity contribution is 8.15. The molecule has 0 bridgehead atoms. The predicted octanol–water partition coefficient (Wildman–Crippen LogP) is 5.51. The number of hydrogen-bond acceptors (Lipinski definition) is 10. The number of alkyl carbamates (subject to hydrolysis) is 1. The Morgan fingerprint density at radius 3 is 2.27 bits per heavy atom. The monoisotopic (exact) mass is 632 g/mol. The van der Waals surface area contributed by atoms with Gasteiger partial charge in [-0.1, -0.05) is 42.1 Å². The van der Waals surface area contributed by atoms with Gasteiger partial charge in [0.15, 0.2) is 0 Å². The van der Waals surface area contributed by atoms with Crippen LogP contribution in [-0.4, -0.2) is 66.8 Å². The highest BCUT2D eigenvalue weighted by Crippen LogP contribution is 2.35. The first kappa shape index (κ1) is 34.2. The van der Waals surface area contributed by atoms with Crippen LogP contribution in [0.3, 0.4) is 0 Å². The minimum atomic E-state index is -0.953. The number of benzene rings is 2. The second-order valence-corrected chi connectivity index (χ2v) is 12.7. The average Bonchev–Trinajstić information content (AvgIpc) is 3.31. The van der Waals surface area contributed by atoms with Crippen molar-refractivity contribution < 1.29 is 42.5 Å². The van der Waals surface area contributed by atoms with E-state index in [0.29, 0.717) is 5.56 Å².